The molecule has 0 aliphatic carbocycles. The van der Waals surface area contributed by atoms with Gasteiger partial charge in [0.25, 0.3) is 0 Å². The SMILES string of the molecule is CCc1nc(NCCCc2ccc(-c3ccc(C(F)(F)F)cn3)cc2)c2cc(C)sc2n1. The highest BCUT2D eigenvalue weighted by Gasteiger charge is 2.30. The molecular formula is C24H23F3N4S. The Labute approximate surface area is 188 Å². The van der Waals surface area contributed by atoms with Crippen LogP contribution in [0.1, 0.15) is 35.2 Å². The molecule has 0 aliphatic rings. The summed E-state index contributed by atoms with van der Waals surface area (Å²) >= 11 is 1.68. The number of halogens is 3. The van der Waals surface area contributed by atoms with Gasteiger partial charge in [-0.3, -0.25) is 4.98 Å². The molecule has 3 aromatic heterocycles. The van der Waals surface area contributed by atoms with Crippen LogP contribution in [0.25, 0.3) is 21.5 Å². The molecule has 0 unspecified atom stereocenters. The number of fused-ring (bicyclic) bond motifs is 1. The lowest BCUT2D eigenvalue weighted by molar-refractivity contribution is -0.137. The first-order chi connectivity index (χ1) is 15.3. The third kappa shape index (κ3) is 5.07. The zero-order valence-electron chi connectivity index (χ0n) is 17.8. The van der Waals surface area contributed by atoms with Crippen molar-refractivity contribution < 1.29 is 13.2 Å². The van der Waals surface area contributed by atoms with Crippen molar-refractivity contribution in [1.29, 1.82) is 0 Å². The average molecular weight is 457 g/mol. The zero-order chi connectivity index (χ0) is 22.7. The molecule has 0 aliphatic heterocycles. The molecule has 0 atom stereocenters. The van der Waals surface area contributed by atoms with Crippen molar-refractivity contribution in [3.8, 4) is 11.3 Å². The molecule has 0 amide bonds. The summed E-state index contributed by atoms with van der Waals surface area (Å²) in [6, 6.07) is 12.4. The van der Waals surface area contributed by atoms with E-state index in [9.17, 15) is 13.2 Å². The largest absolute Gasteiger partial charge is 0.417 e. The molecule has 3 heterocycles. The molecule has 8 heteroatoms. The van der Waals surface area contributed by atoms with Crippen molar-refractivity contribution in [2.45, 2.75) is 39.3 Å². The van der Waals surface area contributed by atoms with Crippen LogP contribution in [0.5, 0.6) is 0 Å². The normalized spacial score (nSPS) is 11.8. The molecule has 32 heavy (non-hydrogen) atoms. The molecule has 0 saturated heterocycles. The van der Waals surface area contributed by atoms with Gasteiger partial charge in [0.2, 0.25) is 0 Å². The van der Waals surface area contributed by atoms with Crippen LogP contribution in [-0.4, -0.2) is 21.5 Å². The van der Waals surface area contributed by atoms with Crippen LogP contribution in [0.15, 0.2) is 48.7 Å². The van der Waals surface area contributed by atoms with Gasteiger partial charge in [0.05, 0.1) is 16.6 Å². The van der Waals surface area contributed by atoms with E-state index in [1.165, 1.54) is 10.9 Å². The number of pyridine rings is 1. The van der Waals surface area contributed by atoms with Crippen molar-refractivity contribution in [1.82, 2.24) is 15.0 Å². The number of thiophene rings is 1. The Bertz CT molecular complexity index is 1200. The number of nitrogens with one attached hydrogen (secondary N) is 1. The van der Waals surface area contributed by atoms with Gasteiger partial charge in [-0.2, -0.15) is 13.2 Å². The van der Waals surface area contributed by atoms with E-state index in [2.05, 4.69) is 40.2 Å². The first kappa shape index (κ1) is 22.2. The second-order valence-electron chi connectivity index (χ2n) is 7.57. The maximum Gasteiger partial charge on any atom is 0.417 e. The van der Waals surface area contributed by atoms with Gasteiger partial charge < -0.3 is 5.32 Å². The number of rotatable bonds is 7. The highest BCUT2D eigenvalue weighted by Crippen LogP contribution is 2.30. The molecule has 166 valence electrons. The zero-order valence-corrected chi connectivity index (χ0v) is 18.6. The third-order valence-electron chi connectivity index (χ3n) is 5.15. The second kappa shape index (κ2) is 9.24. The molecule has 0 radical (unpaired) electrons. The van der Waals surface area contributed by atoms with Crippen LogP contribution < -0.4 is 5.32 Å². The number of hydrogen-bond acceptors (Lipinski definition) is 5. The fourth-order valence-corrected chi connectivity index (χ4v) is 4.35. The van der Waals surface area contributed by atoms with Gasteiger partial charge in [0, 0.05) is 29.6 Å². The number of alkyl halides is 3. The van der Waals surface area contributed by atoms with Crippen molar-refractivity contribution in [3.05, 3.63) is 70.5 Å². The minimum atomic E-state index is -4.37. The summed E-state index contributed by atoms with van der Waals surface area (Å²) in [4.78, 5) is 15.4. The van der Waals surface area contributed by atoms with E-state index < -0.39 is 11.7 Å². The number of benzene rings is 1. The first-order valence-electron chi connectivity index (χ1n) is 10.5. The summed E-state index contributed by atoms with van der Waals surface area (Å²) in [5, 5.41) is 4.52. The molecule has 0 fully saturated rings. The minimum absolute atomic E-state index is 0.525. The summed E-state index contributed by atoms with van der Waals surface area (Å²) in [7, 11) is 0. The highest BCUT2D eigenvalue weighted by atomic mass is 32.1. The summed E-state index contributed by atoms with van der Waals surface area (Å²) in [5.74, 6) is 1.73. The Morgan fingerprint density at radius 2 is 1.81 bits per heavy atom. The van der Waals surface area contributed by atoms with Crippen molar-refractivity contribution >= 4 is 27.4 Å². The van der Waals surface area contributed by atoms with Gasteiger partial charge in [-0.15, -0.1) is 11.3 Å². The lowest BCUT2D eigenvalue weighted by atomic mass is 10.0. The summed E-state index contributed by atoms with van der Waals surface area (Å²) in [5.41, 5.74) is 1.74. The number of hydrogen-bond donors (Lipinski definition) is 1. The Morgan fingerprint density at radius 1 is 1.03 bits per heavy atom. The number of anilines is 1. The predicted octanol–water partition coefficient (Wildman–Crippen LogP) is 6.69. The maximum absolute atomic E-state index is 12.7. The lowest BCUT2D eigenvalue weighted by Crippen LogP contribution is -2.07. The van der Waals surface area contributed by atoms with E-state index in [4.69, 9.17) is 0 Å². The van der Waals surface area contributed by atoms with Crippen LogP contribution in [0, 0.1) is 6.92 Å². The number of aryl methyl sites for hydroxylation is 3. The van der Waals surface area contributed by atoms with Crippen LogP contribution in [0.3, 0.4) is 0 Å². The quantitative estimate of drug-likeness (QED) is 0.315. The van der Waals surface area contributed by atoms with Crippen molar-refractivity contribution in [2.75, 3.05) is 11.9 Å². The topological polar surface area (TPSA) is 50.7 Å². The minimum Gasteiger partial charge on any atom is -0.369 e. The fourth-order valence-electron chi connectivity index (χ4n) is 3.45. The van der Waals surface area contributed by atoms with E-state index in [1.54, 1.807) is 11.3 Å². The van der Waals surface area contributed by atoms with E-state index in [-0.39, 0.29) is 0 Å². The van der Waals surface area contributed by atoms with Gasteiger partial charge in [0.15, 0.2) is 0 Å². The molecule has 0 saturated carbocycles. The Kier molecular flexibility index (Phi) is 6.41. The lowest BCUT2D eigenvalue weighted by Gasteiger charge is -2.09. The molecule has 0 spiro atoms. The number of nitrogens with zero attached hydrogens (tertiary/aromatic N) is 3. The third-order valence-corrected chi connectivity index (χ3v) is 6.10. The van der Waals surface area contributed by atoms with Crippen molar-refractivity contribution in [2.24, 2.45) is 0 Å². The van der Waals surface area contributed by atoms with Gasteiger partial charge in [-0.25, -0.2) is 9.97 Å². The van der Waals surface area contributed by atoms with E-state index in [0.717, 1.165) is 71.1 Å². The van der Waals surface area contributed by atoms with Crippen LogP contribution >= 0.6 is 11.3 Å². The fraction of sp³-hybridized carbons (Fsp3) is 0.292. The summed E-state index contributed by atoms with van der Waals surface area (Å²) in [6.45, 7) is 4.91. The maximum atomic E-state index is 12.7. The Morgan fingerprint density at radius 3 is 2.47 bits per heavy atom. The smallest absolute Gasteiger partial charge is 0.369 e. The molecule has 4 rings (SSSR count). The summed E-state index contributed by atoms with van der Waals surface area (Å²) < 4.78 is 38.1. The van der Waals surface area contributed by atoms with Crippen LogP contribution in [-0.2, 0) is 19.0 Å². The first-order valence-corrected chi connectivity index (χ1v) is 11.3. The van der Waals surface area contributed by atoms with Gasteiger partial charge in [-0.1, -0.05) is 31.2 Å². The second-order valence-corrected chi connectivity index (χ2v) is 8.81. The number of aromatic nitrogens is 3. The highest BCUT2D eigenvalue weighted by molar-refractivity contribution is 7.18. The van der Waals surface area contributed by atoms with Crippen LogP contribution in [0.4, 0.5) is 19.0 Å². The Hall–Kier alpha value is -3.00. The monoisotopic (exact) mass is 456 g/mol. The molecule has 4 nitrogen and oxygen atoms in total. The van der Waals surface area contributed by atoms with Gasteiger partial charge >= 0.3 is 6.18 Å². The van der Waals surface area contributed by atoms with E-state index >= 15 is 0 Å². The molecule has 1 N–H and O–H groups in total. The van der Waals surface area contributed by atoms with Crippen LogP contribution in [0.2, 0.25) is 0 Å². The average Bonchev–Trinajstić information content (AvgIpc) is 3.16. The van der Waals surface area contributed by atoms with Gasteiger partial charge in [0.1, 0.15) is 16.5 Å². The van der Waals surface area contributed by atoms with Gasteiger partial charge in [-0.05, 0) is 43.5 Å². The summed E-state index contributed by atoms with van der Waals surface area (Å²) in [6.07, 6.45) is -0.903. The molecule has 0 bridgehead atoms. The molecule has 1 aromatic carbocycles. The molecule has 4 aromatic rings. The standard InChI is InChI=1S/C24H23F3N4S/c1-3-21-30-22(19-13-15(2)32-23(19)31-21)28-12-4-5-16-6-8-17(9-7-16)20-11-10-18(14-29-20)24(25,26)27/h6-11,13-14H,3-5,12H2,1-2H3,(H,28,30,31). The Balaban J connectivity index is 1.35. The van der Waals surface area contributed by atoms with E-state index in [1.807, 2.05) is 24.3 Å². The predicted molar refractivity (Wildman–Crippen MR) is 123 cm³/mol. The van der Waals surface area contributed by atoms with E-state index in [0.29, 0.717) is 5.69 Å². The van der Waals surface area contributed by atoms with Crippen molar-refractivity contribution in [3.63, 3.8) is 0 Å². The molecular weight excluding hydrogens is 433 g/mol.